The molecule has 0 aromatic carbocycles. The molecule has 0 unspecified atom stereocenters. The number of hydrogen-bond donors (Lipinski definition) is 0. The van der Waals surface area contributed by atoms with Crippen molar-refractivity contribution in [1.82, 2.24) is 0 Å². The van der Waals surface area contributed by atoms with Crippen LogP contribution in [0.2, 0.25) is 0 Å². The van der Waals surface area contributed by atoms with Crippen LogP contribution in [0.3, 0.4) is 0 Å². The third-order valence-electron chi connectivity index (χ3n) is 3.46. The van der Waals surface area contributed by atoms with E-state index in [4.69, 9.17) is 0 Å². The predicted octanol–water partition coefficient (Wildman–Crippen LogP) is 2.04. The molecule has 0 saturated heterocycles. The highest BCUT2D eigenvalue weighted by Gasteiger charge is 2.49. The monoisotopic (exact) mass is 178 g/mol. The van der Waals surface area contributed by atoms with E-state index < -0.39 is 5.41 Å². The Morgan fingerprint density at radius 3 is 1.85 bits per heavy atom. The molecule has 0 bridgehead atoms. The Hall–Kier alpha value is -0.920. The third kappa shape index (κ3) is 1.16. The van der Waals surface area contributed by atoms with Crippen LogP contribution in [0.25, 0.3) is 0 Å². The highest BCUT2D eigenvalue weighted by atomic mass is 16.2. The van der Waals surface area contributed by atoms with Crippen molar-refractivity contribution in [3.63, 3.8) is 0 Å². The Morgan fingerprint density at radius 2 is 1.38 bits per heavy atom. The Balaban J connectivity index is 2.24. The van der Waals surface area contributed by atoms with Crippen molar-refractivity contribution in [2.24, 2.45) is 5.41 Å². The van der Waals surface area contributed by atoms with Crippen molar-refractivity contribution < 1.29 is 9.59 Å². The lowest BCUT2D eigenvalue weighted by Gasteiger charge is -2.30. The molecule has 2 nitrogen and oxygen atoms in total. The number of carbonyl (C=O) groups excluding carboxylic acids is 2. The summed E-state index contributed by atoms with van der Waals surface area (Å²) in [6.45, 7) is 3.90. The first-order valence-corrected chi connectivity index (χ1v) is 4.88. The maximum absolute atomic E-state index is 11.6. The zero-order valence-electron chi connectivity index (χ0n) is 7.77. The molecule has 0 aromatic heterocycles. The van der Waals surface area contributed by atoms with E-state index in [1.54, 1.807) is 0 Å². The van der Waals surface area contributed by atoms with E-state index in [2.05, 4.69) is 6.58 Å². The largest absolute Gasteiger partial charge is 0.299 e. The first-order chi connectivity index (χ1) is 6.15. The predicted molar refractivity (Wildman–Crippen MR) is 49.3 cm³/mol. The highest BCUT2D eigenvalue weighted by molar-refractivity contribution is 6.12. The zero-order chi connectivity index (χ0) is 9.47. The summed E-state index contributed by atoms with van der Waals surface area (Å²) >= 11 is 0. The van der Waals surface area contributed by atoms with Gasteiger partial charge in [0, 0.05) is 12.8 Å². The molecule has 0 aromatic rings. The van der Waals surface area contributed by atoms with Gasteiger partial charge in [-0.15, -0.1) is 0 Å². The van der Waals surface area contributed by atoms with Gasteiger partial charge in [0.25, 0.3) is 0 Å². The number of Topliss-reactive ketones (excluding diaryl/α,β-unsaturated/α-hetero) is 2. The normalized spacial score (nSPS) is 27.2. The van der Waals surface area contributed by atoms with Crippen molar-refractivity contribution in [3.05, 3.63) is 12.2 Å². The molecule has 0 N–H and O–H groups in total. The summed E-state index contributed by atoms with van der Waals surface area (Å²) in [5.74, 6) is 0.370. The molecule has 0 radical (unpaired) electrons. The second-order valence-electron chi connectivity index (χ2n) is 4.18. The van der Waals surface area contributed by atoms with E-state index >= 15 is 0 Å². The van der Waals surface area contributed by atoms with Gasteiger partial charge in [-0.3, -0.25) is 9.59 Å². The van der Waals surface area contributed by atoms with Gasteiger partial charge in [-0.1, -0.05) is 12.2 Å². The van der Waals surface area contributed by atoms with E-state index in [0.717, 1.165) is 25.7 Å². The second kappa shape index (κ2) is 2.79. The van der Waals surface area contributed by atoms with Gasteiger partial charge in [-0.25, -0.2) is 0 Å². The van der Waals surface area contributed by atoms with Gasteiger partial charge in [0.15, 0.2) is 0 Å². The number of allylic oxidation sites excluding steroid dienone is 1. The lowest BCUT2D eigenvalue weighted by Crippen LogP contribution is -2.35. The summed E-state index contributed by atoms with van der Waals surface area (Å²) in [5.41, 5.74) is 0.624. The molecule has 0 heterocycles. The fourth-order valence-corrected chi connectivity index (χ4v) is 2.45. The SMILES string of the molecule is C=C1CCC2(CC1)C(=O)CCC2=O. The van der Waals surface area contributed by atoms with Crippen molar-refractivity contribution in [1.29, 1.82) is 0 Å². The molecule has 70 valence electrons. The highest BCUT2D eigenvalue weighted by Crippen LogP contribution is 2.45. The minimum Gasteiger partial charge on any atom is -0.299 e. The molecule has 2 rings (SSSR count). The van der Waals surface area contributed by atoms with Crippen LogP contribution in [0.4, 0.5) is 0 Å². The molecule has 2 saturated carbocycles. The standard InChI is InChI=1S/C11H14O2/c1-8-4-6-11(7-5-8)9(12)2-3-10(11)13/h1-7H2. The average molecular weight is 178 g/mol. The minimum absolute atomic E-state index is 0.185. The lowest BCUT2D eigenvalue weighted by atomic mass is 9.70. The maximum Gasteiger partial charge on any atom is 0.146 e. The molecule has 0 atom stereocenters. The number of ketones is 2. The van der Waals surface area contributed by atoms with Crippen molar-refractivity contribution in [3.8, 4) is 0 Å². The van der Waals surface area contributed by atoms with Gasteiger partial charge in [-0.05, 0) is 25.7 Å². The molecule has 0 amide bonds. The van der Waals surface area contributed by atoms with Crippen LogP contribution < -0.4 is 0 Å². The van der Waals surface area contributed by atoms with E-state index in [-0.39, 0.29) is 11.6 Å². The quantitative estimate of drug-likeness (QED) is 0.420. The lowest BCUT2D eigenvalue weighted by molar-refractivity contribution is -0.136. The van der Waals surface area contributed by atoms with E-state index in [9.17, 15) is 9.59 Å². The van der Waals surface area contributed by atoms with Crippen LogP contribution in [-0.2, 0) is 9.59 Å². The molecule has 2 heteroatoms. The minimum atomic E-state index is -0.568. The summed E-state index contributed by atoms with van der Waals surface area (Å²) in [6, 6.07) is 0. The maximum atomic E-state index is 11.6. The van der Waals surface area contributed by atoms with Crippen LogP contribution in [0.1, 0.15) is 38.5 Å². The third-order valence-corrected chi connectivity index (χ3v) is 3.46. The van der Waals surface area contributed by atoms with Gasteiger partial charge in [0.1, 0.15) is 11.6 Å². The van der Waals surface area contributed by atoms with E-state index in [0.29, 0.717) is 12.8 Å². The second-order valence-corrected chi connectivity index (χ2v) is 4.18. The van der Waals surface area contributed by atoms with E-state index in [1.807, 2.05) is 0 Å². The fourth-order valence-electron chi connectivity index (χ4n) is 2.45. The van der Waals surface area contributed by atoms with Crippen LogP contribution in [0.15, 0.2) is 12.2 Å². The average Bonchev–Trinajstić information content (AvgIpc) is 2.39. The molecule has 1 spiro atoms. The molecular weight excluding hydrogens is 164 g/mol. The number of carbonyl (C=O) groups is 2. The molecule has 13 heavy (non-hydrogen) atoms. The Bertz CT molecular complexity index is 260. The van der Waals surface area contributed by atoms with Crippen molar-refractivity contribution in [2.45, 2.75) is 38.5 Å². The van der Waals surface area contributed by atoms with Crippen LogP contribution in [0, 0.1) is 5.41 Å². The zero-order valence-corrected chi connectivity index (χ0v) is 7.77. The molecule has 2 fully saturated rings. The number of hydrogen-bond acceptors (Lipinski definition) is 2. The van der Waals surface area contributed by atoms with Crippen molar-refractivity contribution in [2.75, 3.05) is 0 Å². The van der Waals surface area contributed by atoms with Crippen molar-refractivity contribution >= 4 is 11.6 Å². The smallest absolute Gasteiger partial charge is 0.146 e. The summed E-state index contributed by atoms with van der Waals surface area (Å²) in [4.78, 5) is 23.2. The molecule has 2 aliphatic rings. The topological polar surface area (TPSA) is 34.1 Å². The van der Waals surface area contributed by atoms with Gasteiger partial charge < -0.3 is 0 Å². The van der Waals surface area contributed by atoms with Gasteiger partial charge >= 0.3 is 0 Å². The van der Waals surface area contributed by atoms with Crippen LogP contribution >= 0.6 is 0 Å². The summed E-state index contributed by atoms with van der Waals surface area (Å²) in [5, 5.41) is 0. The first-order valence-electron chi connectivity index (χ1n) is 4.88. The van der Waals surface area contributed by atoms with E-state index in [1.165, 1.54) is 5.57 Å². The molecular formula is C11H14O2. The summed E-state index contributed by atoms with van der Waals surface area (Å²) in [7, 11) is 0. The summed E-state index contributed by atoms with van der Waals surface area (Å²) in [6.07, 6.45) is 4.12. The summed E-state index contributed by atoms with van der Waals surface area (Å²) < 4.78 is 0. The van der Waals surface area contributed by atoms with Crippen LogP contribution in [0.5, 0.6) is 0 Å². The van der Waals surface area contributed by atoms with Gasteiger partial charge in [-0.2, -0.15) is 0 Å². The number of rotatable bonds is 0. The van der Waals surface area contributed by atoms with Crippen LogP contribution in [-0.4, -0.2) is 11.6 Å². The Labute approximate surface area is 78.0 Å². The Morgan fingerprint density at radius 1 is 0.923 bits per heavy atom. The molecule has 0 aliphatic heterocycles. The fraction of sp³-hybridized carbons (Fsp3) is 0.636. The Kier molecular flexibility index (Phi) is 1.86. The van der Waals surface area contributed by atoms with Gasteiger partial charge in [0.05, 0.1) is 5.41 Å². The molecule has 2 aliphatic carbocycles. The van der Waals surface area contributed by atoms with Gasteiger partial charge in [0.2, 0.25) is 0 Å². The first kappa shape index (κ1) is 8.67.